The van der Waals surface area contributed by atoms with Crippen molar-refractivity contribution in [1.82, 2.24) is 4.90 Å². The Bertz CT molecular complexity index is 710. The molecule has 7 heteroatoms. The van der Waals surface area contributed by atoms with Gasteiger partial charge in [0.15, 0.2) is 0 Å². The fourth-order valence-electron chi connectivity index (χ4n) is 4.93. The van der Waals surface area contributed by atoms with Crippen molar-refractivity contribution in [3.8, 4) is 0 Å². The number of carbonyl (C=O) groups excluding carboxylic acids is 1. The van der Waals surface area contributed by atoms with Gasteiger partial charge in [-0.25, -0.2) is 4.79 Å². The molecule has 1 aromatic carbocycles. The van der Waals surface area contributed by atoms with Crippen molar-refractivity contribution in [3.63, 3.8) is 0 Å². The van der Waals surface area contributed by atoms with E-state index in [1.54, 1.807) is 11.0 Å². The first-order chi connectivity index (χ1) is 11.5. The maximum Gasteiger partial charge on any atom is 0.319 e. The number of urea groups is 1. The highest BCUT2D eigenvalue weighted by Gasteiger charge is 2.54. The van der Waals surface area contributed by atoms with Crippen LogP contribution >= 0.6 is 11.6 Å². The lowest BCUT2D eigenvalue weighted by Crippen LogP contribution is -2.63. The highest BCUT2D eigenvalue weighted by Crippen LogP contribution is 2.50. The molecule has 1 aromatic rings. The molecule has 3 aliphatic rings. The number of aliphatic carboxylic acids is 1. The van der Waals surface area contributed by atoms with Crippen LogP contribution in [0.5, 0.6) is 0 Å². The molecule has 2 fully saturated rings. The van der Waals surface area contributed by atoms with Gasteiger partial charge in [0, 0.05) is 22.7 Å². The number of amides is 2. The van der Waals surface area contributed by atoms with Crippen molar-refractivity contribution in [2.45, 2.75) is 37.3 Å². The van der Waals surface area contributed by atoms with E-state index in [1.165, 1.54) is 0 Å². The minimum atomic E-state index is -0.788. The maximum absolute atomic E-state index is 12.2. The lowest BCUT2D eigenvalue weighted by Gasteiger charge is -2.50. The van der Waals surface area contributed by atoms with E-state index < -0.39 is 17.9 Å². The van der Waals surface area contributed by atoms with Gasteiger partial charge in [-0.05, 0) is 56.1 Å². The van der Waals surface area contributed by atoms with Gasteiger partial charge in [0.05, 0.1) is 12.0 Å². The number of rotatable bonds is 1. The summed E-state index contributed by atoms with van der Waals surface area (Å²) in [6.45, 7) is 1.72. The summed E-state index contributed by atoms with van der Waals surface area (Å²) in [4.78, 5) is 27.9. The van der Waals surface area contributed by atoms with Gasteiger partial charge in [0.2, 0.25) is 0 Å². The van der Waals surface area contributed by atoms with Crippen LogP contribution in [-0.2, 0) is 4.79 Å². The first-order valence-electron chi connectivity index (χ1n) is 8.34. The number of carbonyl (C=O) groups is 2. The van der Waals surface area contributed by atoms with Gasteiger partial charge in [-0.1, -0.05) is 11.6 Å². The highest BCUT2D eigenvalue weighted by molar-refractivity contribution is 6.30. The molecule has 3 heterocycles. The highest BCUT2D eigenvalue weighted by atomic mass is 35.5. The van der Waals surface area contributed by atoms with E-state index >= 15 is 0 Å². The van der Waals surface area contributed by atoms with Crippen molar-refractivity contribution in [2.75, 3.05) is 18.0 Å². The summed E-state index contributed by atoms with van der Waals surface area (Å²) in [5, 5.41) is 10.3. The zero-order valence-corrected chi connectivity index (χ0v) is 13.9. The zero-order chi connectivity index (χ0) is 17.0. The Hall–Kier alpha value is -1.79. The summed E-state index contributed by atoms with van der Waals surface area (Å²) in [5.74, 6) is -1.17. The van der Waals surface area contributed by atoms with E-state index in [0.717, 1.165) is 37.2 Å². The Morgan fingerprint density at radius 2 is 2.00 bits per heavy atom. The Morgan fingerprint density at radius 1 is 1.21 bits per heavy atom. The summed E-state index contributed by atoms with van der Waals surface area (Å²) >= 11 is 6.16. The summed E-state index contributed by atoms with van der Waals surface area (Å²) in [7, 11) is 0. The van der Waals surface area contributed by atoms with Crippen LogP contribution < -0.4 is 10.6 Å². The number of fused-ring (bicyclic) bond motifs is 5. The van der Waals surface area contributed by atoms with E-state index in [-0.39, 0.29) is 18.0 Å². The third-order valence-electron chi connectivity index (χ3n) is 5.79. The smallest absolute Gasteiger partial charge is 0.319 e. The lowest BCUT2D eigenvalue weighted by molar-refractivity contribution is -0.147. The molecular weight excluding hydrogens is 330 g/mol. The quantitative estimate of drug-likeness (QED) is 0.814. The SMILES string of the molecule is NC(=O)N1c2ccc(Cl)cc2C2CCN3CCCC(C(=O)O)C3C21. The molecule has 4 rings (SSSR count). The zero-order valence-electron chi connectivity index (χ0n) is 13.2. The van der Waals surface area contributed by atoms with Gasteiger partial charge < -0.3 is 10.8 Å². The second kappa shape index (κ2) is 5.63. The van der Waals surface area contributed by atoms with Gasteiger partial charge in [0.25, 0.3) is 0 Å². The first kappa shape index (κ1) is 15.7. The number of primary amides is 1. The second-order valence-corrected chi connectivity index (χ2v) is 7.35. The van der Waals surface area contributed by atoms with Crippen molar-refractivity contribution in [1.29, 1.82) is 0 Å². The molecule has 128 valence electrons. The molecule has 4 unspecified atom stereocenters. The topological polar surface area (TPSA) is 86.9 Å². The molecule has 24 heavy (non-hydrogen) atoms. The minimum absolute atomic E-state index is 0.0902. The number of hydrogen-bond donors (Lipinski definition) is 2. The third-order valence-corrected chi connectivity index (χ3v) is 6.02. The molecular formula is C17H20ClN3O3. The number of nitrogens with two attached hydrogens (primary N) is 1. The second-order valence-electron chi connectivity index (χ2n) is 6.91. The molecule has 0 radical (unpaired) electrons. The van der Waals surface area contributed by atoms with Gasteiger partial charge in [-0.15, -0.1) is 0 Å². The molecule has 0 bridgehead atoms. The number of benzene rings is 1. The third kappa shape index (κ3) is 2.20. The van der Waals surface area contributed by atoms with Crippen LogP contribution in [0.2, 0.25) is 5.02 Å². The average molecular weight is 350 g/mol. The summed E-state index contributed by atoms with van der Waals surface area (Å²) in [5.41, 5.74) is 7.48. The molecule has 0 aromatic heterocycles. The lowest BCUT2D eigenvalue weighted by atomic mass is 9.75. The average Bonchev–Trinajstić information content (AvgIpc) is 2.88. The summed E-state index contributed by atoms with van der Waals surface area (Å²) in [6.07, 6.45) is 2.40. The monoisotopic (exact) mass is 349 g/mol. The molecule has 0 spiro atoms. The van der Waals surface area contributed by atoms with Crippen LogP contribution in [0, 0.1) is 5.92 Å². The maximum atomic E-state index is 12.2. The molecule has 6 nitrogen and oxygen atoms in total. The van der Waals surface area contributed by atoms with E-state index in [2.05, 4.69) is 4.90 Å². The van der Waals surface area contributed by atoms with Crippen molar-refractivity contribution < 1.29 is 14.7 Å². The summed E-state index contributed by atoms with van der Waals surface area (Å²) in [6, 6.07) is 4.51. The van der Waals surface area contributed by atoms with E-state index in [9.17, 15) is 14.7 Å². The predicted octanol–water partition coefficient (Wildman–Crippen LogP) is 2.26. The molecule has 4 atom stereocenters. The Kier molecular flexibility index (Phi) is 3.69. The van der Waals surface area contributed by atoms with E-state index in [4.69, 9.17) is 17.3 Å². The number of anilines is 1. The summed E-state index contributed by atoms with van der Waals surface area (Å²) < 4.78 is 0. The number of piperidine rings is 2. The van der Waals surface area contributed by atoms with Gasteiger partial charge in [-0.2, -0.15) is 0 Å². The molecule has 0 saturated carbocycles. The van der Waals surface area contributed by atoms with Crippen molar-refractivity contribution in [3.05, 3.63) is 28.8 Å². The van der Waals surface area contributed by atoms with E-state index in [0.29, 0.717) is 11.4 Å². The van der Waals surface area contributed by atoms with Gasteiger partial charge in [0.1, 0.15) is 0 Å². The fraction of sp³-hybridized carbons (Fsp3) is 0.529. The Balaban J connectivity index is 1.82. The standard InChI is InChI=1S/C17H20ClN3O3/c18-9-3-4-13-12(8-9)10-5-7-20-6-1-2-11(16(22)23)14(20)15(10)21(13)17(19)24/h3-4,8,10-11,14-15H,1-2,5-7H2,(H2,19,24)(H,22,23). The number of halogens is 1. The number of carboxylic acids is 1. The fourth-order valence-corrected chi connectivity index (χ4v) is 5.11. The van der Waals surface area contributed by atoms with E-state index in [1.807, 2.05) is 12.1 Å². The van der Waals surface area contributed by atoms with Crippen molar-refractivity contribution in [2.24, 2.45) is 11.7 Å². The van der Waals surface area contributed by atoms with Crippen LogP contribution in [-0.4, -0.2) is 47.2 Å². The molecule has 0 aliphatic carbocycles. The van der Waals surface area contributed by atoms with Crippen LogP contribution in [0.25, 0.3) is 0 Å². The van der Waals surface area contributed by atoms with Gasteiger partial charge >= 0.3 is 12.0 Å². The molecule has 2 saturated heterocycles. The first-order valence-corrected chi connectivity index (χ1v) is 8.72. The molecule has 3 aliphatic heterocycles. The largest absolute Gasteiger partial charge is 0.481 e. The van der Waals surface area contributed by atoms with Crippen LogP contribution in [0.3, 0.4) is 0 Å². The Morgan fingerprint density at radius 3 is 2.71 bits per heavy atom. The number of hydrogen-bond acceptors (Lipinski definition) is 3. The molecule has 2 amide bonds. The van der Waals surface area contributed by atoms with Crippen molar-refractivity contribution >= 4 is 29.3 Å². The Labute approximate surface area is 145 Å². The molecule has 3 N–H and O–H groups in total. The number of carboxylic acid groups (broad SMARTS) is 1. The van der Waals surface area contributed by atoms with Crippen LogP contribution in [0.4, 0.5) is 10.5 Å². The van der Waals surface area contributed by atoms with Gasteiger partial charge in [-0.3, -0.25) is 14.6 Å². The minimum Gasteiger partial charge on any atom is -0.481 e. The van der Waals surface area contributed by atoms with Crippen LogP contribution in [0.1, 0.15) is 30.7 Å². The van der Waals surface area contributed by atoms with Crippen LogP contribution in [0.15, 0.2) is 18.2 Å². The normalized spacial score (nSPS) is 32.0. The number of nitrogens with zero attached hydrogens (tertiary/aromatic N) is 2. The predicted molar refractivity (Wildman–Crippen MR) is 90.4 cm³/mol.